The Balaban J connectivity index is 2.24. The van der Waals surface area contributed by atoms with Crippen molar-refractivity contribution in [2.24, 2.45) is 0 Å². The molecule has 1 aromatic rings. The van der Waals surface area contributed by atoms with Gasteiger partial charge in [-0.15, -0.1) is 0 Å². The molecule has 20 heavy (non-hydrogen) atoms. The fourth-order valence-electron chi connectivity index (χ4n) is 2.55. The predicted molar refractivity (Wildman–Crippen MR) is 75.6 cm³/mol. The fourth-order valence-corrected chi connectivity index (χ4v) is 2.55. The lowest BCUT2D eigenvalue weighted by molar-refractivity contribution is -0.100. The number of nitrogens with zero attached hydrogens (tertiary/aromatic N) is 1. The molecule has 0 bridgehead atoms. The molecule has 0 saturated carbocycles. The van der Waals surface area contributed by atoms with Crippen molar-refractivity contribution in [1.82, 2.24) is 0 Å². The molecule has 0 aliphatic heterocycles. The lowest BCUT2D eigenvalue weighted by Gasteiger charge is -2.35. The Morgan fingerprint density at radius 2 is 2.10 bits per heavy atom. The maximum atomic E-state index is 9.58. The van der Waals surface area contributed by atoms with Crippen LogP contribution in [0.5, 0.6) is 5.75 Å². The summed E-state index contributed by atoms with van der Waals surface area (Å²) in [5.41, 5.74) is 1.48. The lowest BCUT2D eigenvalue weighted by Crippen LogP contribution is -2.42. The third kappa shape index (κ3) is 2.95. The van der Waals surface area contributed by atoms with Gasteiger partial charge in [0.05, 0.1) is 25.4 Å². The Morgan fingerprint density at radius 3 is 2.70 bits per heavy atom. The van der Waals surface area contributed by atoms with Gasteiger partial charge < -0.3 is 14.6 Å². The van der Waals surface area contributed by atoms with Crippen LogP contribution in [0.4, 0.5) is 0 Å². The van der Waals surface area contributed by atoms with E-state index in [1.165, 1.54) is 5.56 Å². The number of aliphatic hydroxyl groups excluding tert-OH is 1. The van der Waals surface area contributed by atoms with Crippen LogP contribution in [0.25, 0.3) is 0 Å². The molecule has 0 aromatic heterocycles. The zero-order chi connectivity index (χ0) is 14.8. The van der Waals surface area contributed by atoms with Crippen molar-refractivity contribution < 1.29 is 14.6 Å². The van der Waals surface area contributed by atoms with E-state index in [0.717, 1.165) is 17.7 Å². The first-order valence-electron chi connectivity index (χ1n) is 6.92. The van der Waals surface area contributed by atoms with Gasteiger partial charge in [0.15, 0.2) is 5.60 Å². The number of hydrogen-bond acceptors (Lipinski definition) is 4. The molecule has 0 amide bonds. The minimum Gasteiger partial charge on any atom is -0.497 e. The van der Waals surface area contributed by atoms with Gasteiger partial charge in [0.1, 0.15) is 5.75 Å². The van der Waals surface area contributed by atoms with Gasteiger partial charge in [-0.1, -0.05) is 6.07 Å². The maximum absolute atomic E-state index is 9.58. The Morgan fingerprint density at radius 1 is 1.35 bits per heavy atom. The Labute approximate surface area is 119 Å². The predicted octanol–water partition coefficient (Wildman–Crippen LogP) is 2.23. The molecular weight excluding hydrogens is 254 g/mol. The minimum atomic E-state index is -0.851. The summed E-state index contributed by atoms with van der Waals surface area (Å²) < 4.78 is 11.1. The summed E-state index contributed by atoms with van der Waals surface area (Å²) >= 11 is 0. The van der Waals surface area contributed by atoms with Crippen LogP contribution in [0.2, 0.25) is 0 Å². The number of aryl methyl sites for hydroxylation is 1. The Bertz CT molecular complexity index is 521. The molecule has 1 aliphatic rings. The number of benzene rings is 1. The third-order valence-corrected chi connectivity index (χ3v) is 3.98. The molecule has 108 valence electrons. The highest BCUT2D eigenvalue weighted by Crippen LogP contribution is 2.34. The highest BCUT2D eigenvalue weighted by Gasteiger charge is 2.38. The van der Waals surface area contributed by atoms with Crippen LogP contribution in [0, 0.1) is 11.3 Å². The maximum Gasteiger partial charge on any atom is 0.159 e. The van der Waals surface area contributed by atoms with Crippen molar-refractivity contribution >= 4 is 0 Å². The van der Waals surface area contributed by atoms with Gasteiger partial charge in [-0.2, -0.15) is 5.26 Å². The SMILES string of the molecule is COc1ccc2c(c1)CC(C#N)(OC(C)C(C)O)CC2. The van der Waals surface area contributed by atoms with Crippen LogP contribution in [0.3, 0.4) is 0 Å². The molecule has 3 unspecified atom stereocenters. The summed E-state index contributed by atoms with van der Waals surface area (Å²) in [7, 11) is 1.63. The van der Waals surface area contributed by atoms with Gasteiger partial charge >= 0.3 is 0 Å². The second kappa shape index (κ2) is 5.82. The zero-order valence-corrected chi connectivity index (χ0v) is 12.2. The van der Waals surface area contributed by atoms with Crippen LogP contribution in [-0.4, -0.2) is 30.0 Å². The Kier molecular flexibility index (Phi) is 4.32. The number of ether oxygens (including phenoxy) is 2. The first kappa shape index (κ1) is 14.8. The van der Waals surface area contributed by atoms with Crippen molar-refractivity contribution in [1.29, 1.82) is 5.26 Å². The quantitative estimate of drug-likeness (QED) is 0.915. The highest BCUT2D eigenvalue weighted by molar-refractivity contribution is 5.40. The van der Waals surface area contributed by atoms with E-state index in [2.05, 4.69) is 6.07 Å². The average Bonchev–Trinajstić information content (AvgIpc) is 2.46. The molecule has 0 saturated heterocycles. The summed E-state index contributed by atoms with van der Waals surface area (Å²) in [5, 5.41) is 19.1. The van der Waals surface area contributed by atoms with E-state index in [1.54, 1.807) is 21.0 Å². The van der Waals surface area contributed by atoms with Gasteiger partial charge in [-0.3, -0.25) is 0 Å². The standard InChI is InChI=1S/C16H21NO3/c1-11(18)12(2)20-16(10-17)7-6-13-4-5-15(19-3)8-14(13)9-16/h4-5,8,11-12,18H,6-7,9H2,1-3H3. The molecule has 4 nitrogen and oxygen atoms in total. The summed E-state index contributed by atoms with van der Waals surface area (Å²) in [6.45, 7) is 3.47. The van der Waals surface area contributed by atoms with Gasteiger partial charge in [0, 0.05) is 6.42 Å². The zero-order valence-electron chi connectivity index (χ0n) is 12.2. The van der Waals surface area contributed by atoms with Gasteiger partial charge in [0.2, 0.25) is 0 Å². The second-order valence-corrected chi connectivity index (χ2v) is 5.48. The summed E-state index contributed by atoms with van der Waals surface area (Å²) in [6.07, 6.45) is 1.04. The minimum absolute atomic E-state index is 0.359. The first-order valence-corrected chi connectivity index (χ1v) is 6.92. The summed E-state index contributed by atoms with van der Waals surface area (Å²) in [6, 6.07) is 8.27. The largest absolute Gasteiger partial charge is 0.497 e. The molecule has 1 aliphatic carbocycles. The van der Waals surface area contributed by atoms with Crippen LogP contribution >= 0.6 is 0 Å². The number of fused-ring (bicyclic) bond motifs is 1. The topological polar surface area (TPSA) is 62.5 Å². The molecule has 0 heterocycles. The fraction of sp³-hybridized carbons (Fsp3) is 0.562. The van der Waals surface area contributed by atoms with Crippen molar-refractivity contribution in [2.45, 2.75) is 50.9 Å². The van der Waals surface area contributed by atoms with Crippen molar-refractivity contribution in [3.63, 3.8) is 0 Å². The van der Waals surface area contributed by atoms with E-state index in [1.807, 2.05) is 18.2 Å². The molecule has 1 aromatic carbocycles. The second-order valence-electron chi connectivity index (χ2n) is 5.48. The monoisotopic (exact) mass is 275 g/mol. The summed E-state index contributed by atoms with van der Waals surface area (Å²) in [5.74, 6) is 0.793. The lowest BCUT2D eigenvalue weighted by atomic mass is 9.81. The van der Waals surface area contributed by atoms with Crippen molar-refractivity contribution in [3.05, 3.63) is 29.3 Å². The number of nitriles is 1. The molecular formula is C16H21NO3. The van der Waals surface area contributed by atoms with Crippen LogP contribution in [0.15, 0.2) is 18.2 Å². The van der Waals surface area contributed by atoms with E-state index in [0.29, 0.717) is 12.8 Å². The number of methoxy groups -OCH3 is 1. The van der Waals surface area contributed by atoms with Crippen LogP contribution in [0.1, 0.15) is 31.4 Å². The van der Waals surface area contributed by atoms with Gasteiger partial charge in [-0.25, -0.2) is 0 Å². The first-order chi connectivity index (χ1) is 9.49. The van der Waals surface area contributed by atoms with Crippen LogP contribution < -0.4 is 4.74 Å². The molecule has 1 N–H and O–H groups in total. The molecule has 3 atom stereocenters. The normalized spacial score (nSPS) is 24.4. The summed E-state index contributed by atoms with van der Waals surface area (Å²) in [4.78, 5) is 0. The number of rotatable bonds is 4. The highest BCUT2D eigenvalue weighted by atomic mass is 16.5. The van der Waals surface area contributed by atoms with Crippen molar-refractivity contribution in [3.8, 4) is 11.8 Å². The smallest absolute Gasteiger partial charge is 0.159 e. The van der Waals surface area contributed by atoms with E-state index in [4.69, 9.17) is 9.47 Å². The van der Waals surface area contributed by atoms with E-state index >= 15 is 0 Å². The molecule has 0 spiro atoms. The molecule has 0 fully saturated rings. The third-order valence-electron chi connectivity index (χ3n) is 3.98. The molecule has 0 radical (unpaired) electrons. The van der Waals surface area contributed by atoms with E-state index in [9.17, 15) is 10.4 Å². The average molecular weight is 275 g/mol. The molecule has 4 heteroatoms. The Hall–Kier alpha value is -1.57. The van der Waals surface area contributed by atoms with Crippen molar-refractivity contribution in [2.75, 3.05) is 7.11 Å². The van der Waals surface area contributed by atoms with E-state index in [-0.39, 0.29) is 6.10 Å². The number of hydrogen-bond donors (Lipinski definition) is 1. The molecule has 2 rings (SSSR count). The van der Waals surface area contributed by atoms with Gasteiger partial charge in [-0.05, 0) is 49.9 Å². The van der Waals surface area contributed by atoms with Crippen LogP contribution in [-0.2, 0) is 17.6 Å². The van der Waals surface area contributed by atoms with E-state index < -0.39 is 11.7 Å². The number of aliphatic hydroxyl groups is 1. The van der Waals surface area contributed by atoms with Gasteiger partial charge in [0.25, 0.3) is 0 Å².